The monoisotopic (exact) mass is 336 g/mol. The Morgan fingerprint density at radius 3 is 2.61 bits per heavy atom. The van der Waals surface area contributed by atoms with Crippen molar-refractivity contribution in [1.82, 2.24) is 10.2 Å². The number of carbonyl (C=O) groups excluding carboxylic acids is 1. The number of rotatable bonds is 5. The van der Waals surface area contributed by atoms with Crippen molar-refractivity contribution < 1.29 is 9.53 Å². The largest absolute Gasteiger partial charge is 0.381 e. The summed E-state index contributed by atoms with van der Waals surface area (Å²) in [6.45, 7) is 4.56. The Morgan fingerprint density at radius 1 is 1.22 bits per heavy atom. The average Bonchev–Trinajstić information content (AvgIpc) is 3.04. The van der Waals surface area contributed by atoms with Crippen LogP contribution in [-0.2, 0) is 16.1 Å². The first-order valence-electron chi connectivity index (χ1n) is 8.53. The standard InChI is InChI=1S/C18H25ClN2O2/c19-16-3-1-14(2-4-16)12-21-8-5-17(6-9-21)20-18(22)11-15-7-10-23-13-15/h1-4,15,17H,5-13H2,(H,20,22). The molecule has 2 aliphatic rings. The number of likely N-dealkylation sites (tertiary alicyclic amines) is 1. The summed E-state index contributed by atoms with van der Waals surface area (Å²) in [5, 5.41) is 3.98. The lowest BCUT2D eigenvalue weighted by Crippen LogP contribution is -2.44. The molecule has 1 atom stereocenters. The summed E-state index contributed by atoms with van der Waals surface area (Å²) < 4.78 is 5.33. The molecule has 1 aromatic carbocycles. The second-order valence-electron chi connectivity index (χ2n) is 6.68. The average molecular weight is 337 g/mol. The van der Waals surface area contributed by atoms with Crippen LogP contribution in [0.4, 0.5) is 0 Å². The molecule has 1 unspecified atom stereocenters. The molecule has 5 heteroatoms. The van der Waals surface area contributed by atoms with E-state index in [0.29, 0.717) is 18.4 Å². The van der Waals surface area contributed by atoms with Gasteiger partial charge in [0.2, 0.25) is 5.91 Å². The third-order valence-electron chi connectivity index (χ3n) is 4.77. The maximum Gasteiger partial charge on any atom is 0.220 e. The van der Waals surface area contributed by atoms with Gasteiger partial charge in [-0.05, 0) is 42.9 Å². The van der Waals surface area contributed by atoms with Gasteiger partial charge in [-0.1, -0.05) is 23.7 Å². The van der Waals surface area contributed by atoms with E-state index in [4.69, 9.17) is 16.3 Å². The minimum absolute atomic E-state index is 0.191. The fourth-order valence-corrected chi connectivity index (χ4v) is 3.50. The number of halogens is 1. The molecule has 0 bridgehead atoms. The number of carbonyl (C=O) groups is 1. The predicted octanol–water partition coefficient (Wildman–Crippen LogP) is 2.85. The highest BCUT2D eigenvalue weighted by atomic mass is 35.5. The van der Waals surface area contributed by atoms with Crippen molar-refractivity contribution >= 4 is 17.5 Å². The zero-order chi connectivity index (χ0) is 16.1. The van der Waals surface area contributed by atoms with E-state index in [2.05, 4.69) is 22.3 Å². The van der Waals surface area contributed by atoms with Gasteiger partial charge < -0.3 is 10.1 Å². The van der Waals surface area contributed by atoms with Crippen LogP contribution in [0.5, 0.6) is 0 Å². The van der Waals surface area contributed by atoms with E-state index in [-0.39, 0.29) is 5.91 Å². The smallest absolute Gasteiger partial charge is 0.220 e. The van der Waals surface area contributed by atoms with Crippen molar-refractivity contribution in [3.8, 4) is 0 Å². The van der Waals surface area contributed by atoms with E-state index < -0.39 is 0 Å². The number of nitrogens with zero attached hydrogens (tertiary/aromatic N) is 1. The van der Waals surface area contributed by atoms with Crippen LogP contribution in [0, 0.1) is 5.92 Å². The van der Waals surface area contributed by atoms with Crippen molar-refractivity contribution in [2.45, 2.75) is 38.3 Å². The molecule has 0 saturated carbocycles. The van der Waals surface area contributed by atoms with Crippen LogP contribution in [0.2, 0.25) is 5.02 Å². The molecule has 2 saturated heterocycles. The molecule has 0 radical (unpaired) electrons. The van der Waals surface area contributed by atoms with Crippen LogP contribution in [0.1, 0.15) is 31.2 Å². The first kappa shape index (κ1) is 16.7. The first-order chi connectivity index (χ1) is 11.2. The molecule has 3 rings (SSSR count). The molecule has 0 aromatic heterocycles. The summed E-state index contributed by atoms with van der Waals surface area (Å²) in [5.41, 5.74) is 1.29. The van der Waals surface area contributed by atoms with Gasteiger partial charge in [-0.15, -0.1) is 0 Å². The van der Waals surface area contributed by atoms with Crippen LogP contribution >= 0.6 is 11.6 Å². The molecule has 2 heterocycles. The number of amides is 1. The van der Waals surface area contributed by atoms with Crippen LogP contribution in [0.25, 0.3) is 0 Å². The van der Waals surface area contributed by atoms with E-state index >= 15 is 0 Å². The third-order valence-corrected chi connectivity index (χ3v) is 5.02. The quantitative estimate of drug-likeness (QED) is 0.899. The van der Waals surface area contributed by atoms with Gasteiger partial charge in [0.15, 0.2) is 0 Å². The molecule has 1 N–H and O–H groups in total. The number of hydrogen-bond acceptors (Lipinski definition) is 3. The highest BCUT2D eigenvalue weighted by molar-refractivity contribution is 6.30. The highest BCUT2D eigenvalue weighted by Gasteiger charge is 2.23. The summed E-state index contributed by atoms with van der Waals surface area (Å²) in [4.78, 5) is 14.5. The number of ether oxygens (including phenoxy) is 1. The Kier molecular flexibility index (Phi) is 5.92. The molecule has 1 amide bonds. The van der Waals surface area contributed by atoms with E-state index in [1.54, 1.807) is 0 Å². The molecule has 2 fully saturated rings. The van der Waals surface area contributed by atoms with E-state index in [0.717, 1.165) is 57.1 Å². The fourth-order valence-electron chi connectivity index (χ4n) is 3.38. The summed E-state index contributed by atoms with van der Waals surface area (Å²) in [5.74, 6) is 0.608. The summed E-state index contributed by atoms with van der Waals surface area (Å²) in [6, 6.07) is 8.37. The Bertz CT molecular complexity index is 506. The molecular formula is C18H25ClN2O2. The van der Waals surface area contributed by atoms with Gasteiger partial charge in [0, 0.05) is 50.3 Å². The van der Waals surface area contributed by atoms with Gasteiger partial charge in [0.05, 0.1) is 0 Å². The van der Waals surface area contributed by atoms with Crippen molar-refractivity contribution in [2.75, 3.05) is 26.3 Å². The molecule has 0 aliphatic carbocycles. The van der Waals surface area contributed by atoms with Crippen molar-refractivity contribution in [1.29, 1.82) is 0 Å². The van der Waals surface area contributed by atoms with E-state index in [1.807, 2.05) is 12.1 Å². The fraction of sp³-hybridized carbons (Fsp3) is 0.611. The van der Waals surface area contributed by atoms with E-state index in [9.17, 15) is 4.79 Å². The van der Waals surface area contributed by atoms with Gasteiger partial charge >= 0.3 is 0 Å². The molecule has 0 spiro atoms. The van der Waals surface area contributed by atoms with E-state index in [1.165, 1.54) is 5.56 Å². The number of hydrogen-bond donors (Lipinski definition) is 1. The maximum atomic E-state index is 12.1. The van der Waals surface area contributed by atoms with Crippen molar-refractivity contribution in [3.63, 3.8) is 0 Å². The lowest BCUT2D eigenvalue weighted by atomic mass is 10.0. The lowest BCUT2D eigenvalue weighted by molar-refractivity contribution is -0.123. The molecule has 4 nitrogen and oxygen atoms in total. The Hall–Kier alpha value is -1.10. The van der Waals surface area contributed by atoms with Crippen molar-refractivity contribution in [2.24, 2.45) is 5.92 Å². The highest BCUT2D eigenvalue weighted by Crippen LogP contribution is 2.18. The van der Waals surface area contributed by atoms with Crippen LogP contribution in [0.15, 0.2) is 24.3 Å². The van der Waals surface area contributed by atoms with Crippen LogP contribution in [-0.4, -0.2) is 43.2 Å². The molecule has 1 aromatic rings. The lowest BCUT2D eigenvalue weighted by Gasteiger charge is -2.32. The Labute approximate surface area is 143 Å². The van der Waals surface area contributed by atoms with Crippen molar-refractivity contribution in [3.05, 3.63) is 34.9 Å². The topological polar surface area (TPSA) is 41.6 Å². The summed E-state index contributed by atoms with van der Waals surface area (Å²) in [6.07, 6.45) is 3.69. The number of nitrogens with one attached hydrogen (secondary N) is 1. The second-order valence-corrected chi connectivity index (χ2v) is 7.11. The molecule has 23 heavy (non-hydrogen) atoms. The maximum absolute atomic E-state index is 12.1. The zero-order valence-electron chi connectivity index (χ0n) is 13.5. The first-order valence-corrected chi connectivity index (χ1v) is 8.91. The van der Waals surface area contributed by atoms with Gasteiger partial charge in [-0.3, -0.25) is 9.69 Å². The normalized spacial score (nSPS) is 23.1. The third kappa shape index (κ3) is 5.20. The van der Waals surface area contributed by atoms with Crippen LogP contribution in [0.3, 0.4) is 0 Å². The molecular weight excluding hydrogens is 312 g/mol. The molecule has 126 valence electrons. The molecule has 2 aliphatic heterocycles. The second kappa shape index (κ2) is 8.13. The summed E-state index contributed by atoms with van der Waals surface area (Å²) in [7, 11) is 0. The van der Waals surface area contributed by atoms with Crippen LogP contribution < -0.4 is 5.32 Å². The SMILES string of the molecule is O=C(CC1CCOC1)NC1CCN(Cc2ccc(Cl)cc2)CC1. The minimum Gasteiger partial charge on any atom is -0.381 e. The minimum atomic E-state index is 0.191. The zero-order valence-corrected chi connectivity index (χ0v) is 14.2. The number of piperidine rings is 1. The summed E-state index contributed by atoms with van der Waals surface area (Å²) >= 11 is 5.92. The van der Waals surface area contributed by atoms with Gasteiger partial charge in [0.1, 0.15) is 0 Å². The Balaban J connectivity index is 1.37. The van der Waals surface area contributed by atoms with Gasteiger partial charge in [-0.2, -0.15) is 0 Å². The van der Waals surface area contributed by atoms with Gasteiger partial charge in [-0.25, -0.2) is 0 Å². The predicted molar refractivity (Wildman–Crippen MR) is 91.4 cm³/mol. The Morgan fingerprint density at radius 2 is 1.96 bits per heavy atom. The number of benzene rings is 1. The van der Waals surface area contributed by atoms with Gasteiger partial charge in [0.25, 0.3) is 0 Å².